The smallest absolute Gasteiger partial charge is 0.319 e. The molecule has 0 fully saturated rings. The fraction of sp³-hybridized carbons (Fsp3) is 0.222. The van der Waals surface area contributed by atoms with E-state index < -0.39 is 0 Å². The van der Waals surface area contributed by atoms with Crippen molar-refractivity contribution in [2.45, 2.75) is 6.92 Å². The highest BCUT2D eigenvalue weighted by atomic mass is 16.5. The molecule has 2 amide bonds. The maximum Gasteiger partial charge on any atom is 0.319 e. The molecule has 3 aromatic rings. The number of para-hydroxylation sites is 2. The number of carbonyl (C=O) groups excluding carboxylic acids is 1. The first kappa shape index (κ1) is 18.2. The molecule has 2 heterocycles. The van der Waals surface area contributed by atoms with Gasteiger partial charge in [0.2, 0.25) is 0 Å². The maximum absolute atomic E-state index is 12.0. The molecule has 0 bridgehead atoms. The van der Waals surface area contributed by atoms with E-state index in [9.17, 15) is 4.79 Å². The fourth-order valence-electron chi connectivity index (χ4n) is 2.37. The van der Waals surface area contributed by atoms with Crippen molar-refractivity contribution in [3.63, 3.8) is 0 Å². The Bertz CT molecular complexity index is 893. The summed E-state index contributed by atoms with van der Waals surface area (Å²) in [4.78, 5) is 12.0. The number of nitrogens with zero attached hydrogens (tertiary/aromatic N) is 4. The number of nitrogens with one attached hydrogen (secondary N) is 3. The van der Waals surface area contributed by atoms with Crippen LogP contribution in [0.15, 0.2) is 48.7 Å². The lowest BCUT2D eigenvalue weighted by atomic mass is 10.3. The van der Waals surface area contributed by atoms with E-state index in [1.54, 1.807) is 23.9 Å². The number of hydrogen-bond acceptors (Lipinski definition) is 6. The number of anilines is 2. The van der Waals surface area contributed by atoms with Crippen molar-refractivity contribution in [1.82, 2.24) is 25.3 Å². The average molecular weight is 367 g/mol. The van der Waals surface area contributed by atoms with Crippen LogP contribution in [-0.4, -0.2) is 46.2 Å². The molecule has 9 heteroatoms. The van der Waals surface area contributed by atoms with Gasteiger partial charge in [-0.2, -0.15) is 5.10 Å². The summed E-state index contributed by atoms with van der Waals surface area (Å²) < 4.78 is 6.86. The highest BCUT2D eigenvalue weighted by molar-refractivity contribution is 5.90. The van der Waals surface area contributed by atoms with Gasteiger partial charge in [0.15, 0.2) is 5.82 Å². The van der Waals surface area contributed by atoms with E-state index in [-0.39, 0.29) is 6.03 Å². The Kier molecular flexibility index (Phi) is 5.83. The van der Waals surface area contributed by atoms with Gasteiger partial charge >= 0.3 is 6.03 Å². The molecular weight excluding hydrogens is 346 g/mol. The minimum atomic E-state index is -0.309. The normalized spacial score (nSPS) is 10.3. The average Bonchev–Trinajstić information content (AvgIpc) is 3.12. The van der Waals surface area contributed by atoms with E-state index in [2.05, 4.69) is 31.2 Å². The monoisotopic (exact) mass is 367 g/mol. The van der Waals surface area contributed by atoms with Gasteiger partial charge in [0.05, 0.1) is 18.5 Å². The Labute approximate surface area is 156 Å². The molecule has 0 aliphatic heterocycles. The summed E-state index contributed by atoms with van der Waals surface area (Å²) in [7, 11) is 1.56. The number of amides is 2. The number of aromatic nitrogens is 4. The van der Waals surface area contributed by atoms with Crippen LogP contribution in [0.4, 0.5) is 16.3 Å². The molecular formula is C18H21N7O2. The molecule has 0 saturated carbocycles. The quantitative estimate of drug-likeness (QED) is 0.553. The van der Waals surface area contributed by atoms with Crippen LogP contribution in [0.2, 0.25) is 0 Å². The van der Waals surface area contributed by atoms with Crippen molar-refractivity contribution in [3.8, 4) is 11.6 Å². The van der Waals surface area contributed by atoms with Crippen LogP contribution >= 0.6 is 0 Å². The number of rotatable bonds is 7. The van der Waals surface area contributed by atoms with Crippen LogP contribution in [0.3, 0.4) is 0 Å². The predicted molar refractivity (Wildman–Crippen MR) is 102 cm³/mol. The van der Waals surface area contributed by atoms with Crippen LogP contribution in [0.1, 0.15) is 5.69 Å². The summed E-state index contributed by atoms with van der Waals surface area (Å²) in [5, 5.41) is 21.1. The topological polar surface area (TPSA) is 106 Å². The molecule has 27 heavy (non-hydrogen) atoms. The largest absolute Gasteiger partial charge is 0.495 e. The molecule has 0 radical (unpaired) electrons. The Morgan fingerprint density at radius 3 is 2.67 bits per heavy atom. The van der Waals surface area contributed by atoms with E-state index in [0.717, 1.165) is 5.69 Å². The Hall–Kier alpha value is -3.62. The highest BCUT2D eigenvalue weighted by Crippen LogP contribution is 2.22. The Morgan fingerprint density at radius 2 is 1.96 bits per heavy atom. The second kappa shape index (κ2) is 8.65. The van der Waals surface area contributed by atoms with Crippen LogP contribution < -0.4 is 20.7 Å². The van der Waals surface area contributed by atoms with Gasteiger partial charge in [0, 0.05) is 19.3 Å². The van der Waals surface area contributed by atoms with Gasteiger partial charge in [-0.1, -0.05) is 12.1 Å². The van der Waals surface area contributed by atoms with Crippen LogP contribution in [0.25, 0.3) is 5.82 Å². The van der Waals surface area contributed by atoms with E-state index in [1.807, 2.05) is 43.5 Å². The third-order valence-electron chi connectivity index (χ3n) is 3.68. The summed E-state index contributed by atoms with van der Waals surface area (Å²) >= 11 is 0. The van der Waals surface area contributed by atoms with Crippen LogP contribution in [0, 0.1) is 6.92 Å². The van der Waals surface area contributed by atoms with Gasteiger partial charge in [-0.3, -0.25) is 0 Å². The van der Waals surface area contributed by atoms with Gasteiger partial charge in [-0.15, -0.1) is 10.2 Å². The second-order valence-corrected chi connectivity index (χ2v) is 5.69. The number of methoxy groups -OCH3 is 1. The van der Waals surface area contributed by atoms with Crippen molar-refractivity contribution >= 4 is 17.5 Å². The molecule has 3 N–H and O–H groups in total. The molecule has 3 rings (SSSR count). The third kappa shape index (κ3) is 4.94. The lowest BCUT2D eigenvalue weighted by Gasteiger charge is -2.11. The lowest BCUT2D eigenvalue weighted by molar-refractivity contribution is 0.252. The van der Waals surface area contributed by atoms with Crippen LogP contribution in [-0.2, 0) is 0 Å². The molecule has 2 aromatic heterocycles. The van der Waals surface area contributed by atoms with Crippen molar-refractivity contribution in [1.29, 1.82) is 0 Å². The van der Waals surface area contributed by atoms with E-state index in [4.69, 9.17) is 4.74 Å². The minimum absolute atomic E-state index is 0.309. The van der Waals surface area contributed by atoms with Crippen LogP contribution in [0.5, 0.6) is 5.75 Å². The van der Waals surface area contributed by atoms with E-state index in [1.165, 1.54) is 0 Å². The summed E-state index contributed by atoms with van der Waals surface area (Å²) in [6, 6.07) is 12.4. The molecule has 0 atom stereocenters. The van der Waals surface area contributed by atoms with Gasteiger partial charge in [-0.05, 0) is 37.3 Å². The molecule has 0 saturated heterocycles. The number of urea groups is 1. The highest BCUT2D eigenvalue weighted by Gasteiger charge is 2.06. The van der Waals surface area contributed by atoms with Gasteiger partial charge < -0.3 is 20.7 Å². The number of aryl methyl sites for hydroxylation is 1. The summed E-state index contributed by atoms with van der Waals surface area (Å²) in [6.45, 7) is 2.84. The third-order valence-corrected chi connectivity index (χ3v) is 3.68. The van der Waals surface area contributed by atoms with Gasteiger partial charge in [-0.25, -0.2) is 9.48 Å². The summed E-state index contributed by atoms with van der Waals surface area (Å²) in [6.07, 6.45) is 1.83. The number of hydrogen-bond donors (Lipinski definition) is 3. The van der Waals surface area contributed by atoms with Gasteiger partial charge in [0.1, 0.15) is 11.6 Å². The number of benzene rings is 1. The summed E-state index contributed by atoms with van der Waals surface area (Å²) in [5.41, 5.74) is 1.53. The summed E-state index contributed by atoms with van der Waals surface area (Å²) in [5.74, 6) is 1.87. The predicted octanol–water partition coefficient (Wildman–Crippen LogP) is 2.21. The Morgan fingerprint density at radius 1 is 1.11 bits per heavy atom. The van der Waals surface area contributed by atoms with Crippen molar-refractivity contribution in [2.75, 3.05) is 30.8 Å². The Balaban J connectivity index is 1.42. The first-order valence-electron chi connectivity index (χ1n) is 8.44. The second-order valence-electron chi connectivity index (χ2n) is 5.69. The molecule has 9 nitrogen and oxygen atoms in total. The zero-order valence-corrected chi connectivity index (χ0v) is 15.1. The van der Waals surface area contributed by atoms with E-state index >= 15 is 0 Å². The zero-order valence-electron chi connectivity index (χ0n) is 15.1. The minimum Gasteiger partial charge on any atom is -0.495 e. The lowest BCUT2D eigenvalue weighted by Crippen LogP contribution is -2.32. The first-order valence-corrected chi connectivity index (χ1v) is 8.44. The zero-order chi connectivity index (χ0) is 19.1. The SMILES string of the molecule is COc1ccccc1NC(=O)NCCNc1ccc(-n2ccc(C)n2)nn1. The molecule has 0 aliphatic carbocycles. The number of ether oxygens (including phenoxy) is 1. The maximum atomic E-state index is 12.0. The first-order chi connectivity index (χ1) is 13.2. The standard InChI is InChI=1S/C18H21N7O2/c1-13-9-12-25(24-13)17-8-7-16(22-23-17)19-10-11-20-18(26)21-14-5-3-4-6-15(14)27-2/h3-9,12H,10-11H2,1-2H3,(H,19,22)(H2,20,21,26). The molecule has 0 aliphatic rings. The molecule has 0 unspecified atom stereocenters. The molecule has 140 valence electrons. The van der Waals surface area contributed by atoms with Gasteiger partial charge in [0.25, 0.3) is 0 Å². The molecule has 1 aromatic carbocycles. The van der Waals surface area contributed by atoms with Crippen molar-refractivity contribution in [2.24, 2.45) is 0 Å². The number of carbonyl (C=O) groups is 1. The van der Waals surface area contributed by atoms with Crippen molar-refractivity contribution < 1.29 is 9.53 Å². The fourth-order valence-corrected chi connectivity index (χ4v) is 2.37. The van der Waals surface area contributed by atoms with E-state index in [0.29, 0.717) is 36.2 Å². The van der Waals surface area contributed by atoms with Crippen molar-refractivity contribution in [3.05, 3.63) is 54.4 Å². The molecule has 0 spiro atoms.